The monoisotopic (exact) mass is 252 g/mol. The van der Waals surface area contributed by atoms with Crippen molar-refractivity contribution in [3.05, 3.63) is 29.3 Å². The van der Waals surface area contributed by atoms with Crippen LogP contribution >= 0.6 is 0 Å². The molecule has 0 aliphatic carbocycles. The summed E-state index contributed by atoms with van der Waals surface area (Å²) in [5.74, 6) is 1.55. The molecular formula is C14H22NOS+. The molecule has 0 aromatic heterocycles. The van der Waals surface area contributed by atoms with E-state index in [4.69, 9.17) is 0 Å². The Morgan fingerprint density at radius 1 is 1.41 bits per heavy atom. The lowest BCUT2D eigenvalue weighted by atomic mass is 10.0. The zero-order valence-electron chi connectivity index (χ0n) is 10.9. The standard InChI is InChI=1S/C14H22NOS/c1-11(2)8-12-4-5-14-13(9-12)10-15(3)6-7-17(14)16/h4-5,9,11,16H,6-8,10H2,1-3H3/q+1. The molecule has 1 aliphatic heterocycles. The molecule has 2 rings (SSSR count). The van der Waals surface area contributed by atoms with Crippen LogP contribution in [-0.2, 0) is 24.1 Å². The Hall–Kier alpha value is -0.510. The summed E-state index contributed by atoms with van der Waals surface area (Å²) >= 11 is -0.566. The van der Waals surface area contributed by atoms with Crippen molar-refractivity contribution in [1.29, 1.82) is 0 Å². The van der Waals surface area contributed by atoms with E-state index in [0.29, 0.717) is 5.92 Å². The van der Waals surface area contributed by atoms with Gasteiger partial charge in [0.1, 0.15) is 0 Å². The molecule has 0 fully saturated rings. The first-order valence-corrected chi connectivity index (χ1v) is 7.61. The number of rotatable bonds is 2. The number of hydrogen-bond donors (Lipinski definition) is 1. The molecule has 3 heteroatoms. The maximum Gasteiger partial charge on any atom is 0.194 e. The zero-order chi connectivity index (χ0) is 12.4. The number of fused-ring (bicyclic) bond motifs is 1. The van der Waals surface area contributed by atoms with E-state index in [-0.39, 0.29) is 0 Å². The van der Waals surface area contributed by atoms with Crippen LogP contribution in [0.2, 0.25) is 0 Å². The van der Waals surface area contributed by atoms with Gasteiger partial charge in [0.25, 0.3) is 0 Å². The lowest BCUT2D eigenvalue weighted by Crippen LogP contribution is -2.20. The maximum absolute atomic E-state index is 10.1. The molecule has 17 heavy (non-hydrogen) atoms. The Labute approximate surface area is 107 Å². The van der Waals surface area contributed by atoms with Crippen LogP contribution in [0.3, 0.4) is 0 Å². The van der Waals surface area contributed by atoms with E-state index in [2.05, 4.69) is 44.0 Å². The van der Waals surface area contributed by atoms with Gasteiger partial charge in [0.15, 0.2) is 21.8 Å². The van der Waals surface area contributed by atoms with Crippen LogP contribution in [0.4, 0.5) is 0 Å². The third kappa shape index (κ3) is 3.24. The second-order valence-electron chi connectivity index (χ2n) is 5.35. The Morgan fingerprint density at radius 3 is 2.88 bits per heavy atom. The molecule has 0 spiro atoms. The smallest absolute Gasteiger partial charge is 0.194 e. The predicted molar refractivity (Wildman–Crippen MR) is 74.4 cm³/mol. The van der Waals surface area contributed by atoms with Crippen LogP contribution < -0.4 is 0 Å². The van der Waals surface area contributed by atoms with Crippen molar-refractivity contribution in [3.8, 4) is 0 Å². The highest BCUT2D eigenvalue weighted by Gasteiger charge is 2.28. The number of benzene rings is 1. The third-order valence-corrected chi connectivity index (χ3v) is 4.60. The first-order valence-electron chi connectivity index (χ1n) is 6.26. The fraction of sp³-hybridized carbons (Fsp3) is 0.571. The molecular weight excluding hydrogens is 230 g/mol. The summed E-state index contributed by atoms with van der Waals surface area (Å²) in [7, 11) is 2.13. The number of hydrogen-bond acceptors (Lipinski definition) is 2. The molecule has 0 saturated carbocycles. The minimum atomic E-state index is -0.566. The van der Waals surface area contributed by atoms with Gasteiger partial charge in [-0.1, -0.05) is 19.9 Å². The molecule has 0 radical (unpaired) electrons. The molecule has 1 atom stereocenters. The van der Waals surface area contributed by atoms with Crippen LogP contribution in [0.1, 0.15) is 25.0 Å². The van der Waals surface area contributed by atoms with Gasteiger partial charge in [-0.25, -0.2) is 0 Å². The van der Waals surface area contributed by atoms with Gasteiger partial charge in [-0.15, -0.1) is 0 Å². The highest BCUT2D eigenvalue weighted by Crippen LogP contribution is 2.24. The third-order valence-electron chi connectivity index (χ3n) is 3.13. The van der Waals surface area contributed by atoms with Crippen LogP contribution in [0.5, 0.6) is 0 Å². The van der Waals surface area contributed by atoms with Gasteiger partial charge >= 0.3 is 0 Å². The Morgan fingerprint density at radius 2 is 2.18 bits per heavy atom. The summed E-state index contributed by atoms with van der Waals surface area (Å²) in [4.78, 5) is 3.45. The van der Waals surface area contributed by atoms with Gasteiger partial charge in [0.05, 0.1) is 0 Å². The summed E-state index contributed by atoms with van der Waals surface area (Å²) in [5.41, 5.74) is 2.71. The fourth-order valence-corrected chi connectivity index (χ4v) is 3.66. The predicted octanol–water partition coefficient (Wildman–Crippen LogP) is 2.78. The van der Waals surface area contributed by atoms with Crippen molar-refractivity contribution in [1.82, 2.24) is 4.90 Å². The Balaban J connectivity index is 2.29. The second-order valence-corrected chi connectivity index (χ2v) is 6.92. The second kappa shape index (κ2) is 5.42. The Kier molecular flexibility index (Phi) is 4.13. The highest BCUT2D eigenvalue weighted by molar-refractivity contribution is 7.91. The fourth-order valence-electron chi connectivity index (χ4n) is 2.31. The highest BCUT2D eigenvalue weighted by atomic mass is 32.2. The normalized spacial score (nSPS) is 21.4. The van der Waals surface area contributed by atoms with E-state index in [1.165, 1.54) is 11.1 Å². The average molecular weight is 252 g/mol. The van der Waals surface area contributed by atoms with E-state index in [1.807, 2.05) is 0 Å². The molecule has 1 N–H and O–H groups in total. The van der Waals surface area contributed by atoms with Crippen molar-refractivity contribution in [2.24, 2.45) is 5.92 Å². The van der Waals surface area contributed by atoms with Crippen molar-refractivity contribution < 1.29 is 4.55 Å². The van der Waals surface area contributed by atoms with Crippen molar-refractivity contribution in [2.75, 3.05) is 19.3 Å². The average Bonchev–Trinajstić information content (AvgIpc) is 2.37. The largest absolute Gasteiger partial charge is 0.297 e. The summed E-state index contributed by atoms with van der Waals surface area (Å²) in [5, 5.41) is 0. The van der Waals surface area contributed by atoms with Gasteiger partial charge in [-0.3, -0.25) is 4.90 Å². The Bertz CT molecular complexity index is 392. The molecule has 1 unspecified atom stereocenters. The van der Waals surface area contributed by atoms with Crippen molar-refractivity contribution in [2.45, 2.75) is 31.7 Å². The van der Waals surface area contributed by atoms with Gasteiger partial charge < -0.3 is 0 Å². The van der Waals surface area contributed by atoms with Gasteiger partial charge in [-0.2, -0.15) is 4.55 Å². The molecule has 0 saturated heterocycles. The quantitative estimate of drug-likeness (QED) is 0.818. The van der Waals surface area contributed by atoms with Crippen molar-refractivity contribution >= 4 is 11.2 Å². The molecule has 1 aromatic rings. The first kappa shape index (κ1) is 12.9. The summed E-state index contributed by atoms with van der Waals surface area (Å²) in [6.45, 7) is 6.43. The summed E-state index contributed by atoms with van der Waals surface area (Å²) < 4.78 is 10.1. The lowest BCUT2D eigenvalue weighted by molar-refractivity contribution is 0.348. The summed E-state index contributed by atoms with van der Waals surface area (Å²) in [6.07, 6.45) is 1.12. The molecule has 94 valence electrons. The molecule has 0 amide bonds. The lowest BCUT2D eigenvalue weighted by Gasteiger charge is -2.12. The molecule has 1 aliphatic rings. The van der Waals surface area contributed by atoms with Crippen LogP contribution in [-0.4, -0.2) is 28.8 Å². The van der Waals surface area contributed by atoms with Crippen LogP contribution in [0.25, 0.3) is 0 Å². The molecule has 1 heterocycles. The van der Waals surface area contributed by atoms with Crippen molar-refractivity contribution in [3.63, 3.8) is 0 Å². The van der Waals surface area contributed by atoms with Crippen LogP contribution in [0.15, 0.2) is 23.1 Å². The minimum absolute atomic E-state index is 0.566. The SMILES string of the molecule is CC(C)Cc1ccc2c(c1)CN(C)CC[S+]2O. The summed E-state index contributed by atoms with van der Waals surface area (Å²) in [6, 6.07) is 6.60. The number of nitrogens with zero attached hydrogens (tertiary/aromatic N) is 1. The van der Waals surface area contributed by atoms with E-state index in [0.717, 1.165) is 30.2 Å². The minimum Gasteiger partial charge on any atom is -0.297 e. The van der Waals surface area contributed by atoms with E-state index in [9.17, 15) is 4.55 Å². The molecule has 1 aromatic carbocycles. The van der Waals surface area contributed by atoms with Gasteiger partial charge in [-0.05, 0) is 37.1 Å². The van der Waals surface area contributed by atoms with E-state index >= 15 is 0 Å². The van der Waals surface area contributed by atoms with E-state index in [1.54, 1.807) is 0 Å². The topological polar surface area (TPSA) is 23.5 Å². The van der Waals surface area contributed by atoms with Gasteiger partial charge in [0, 0.05) is 18.7 Å². The first-order chi connectivity index (χ1) is 8.06. The van der Waals surface area contributed by atoms with Crippen LogP contribution in [0, 0.1) is 5.92 Å². The molecule has 2 nitrogen and oxygen atoms in total. The van der Waals surface area contributed by atoms with E-state index < -0.39 is 11.2 Å². The zero-order valence-corrected chi connectivity index (χ0v) is 11.8. The maximum atomic E-state index is 10.1. The molecule has 0 bridgehead atoms. The van der Waals surface area contributed by atoms with Gasteiger partial charge in [0.2, 0.25) is 0 Å².